The fourth-order valence-electron chi connectivity index (χ4n) is 3.45. The van der Waals surface area contributed by atoms with Crippen molar-refractivity contribution in [3.63, 3.8) is 0 Å². The van der Waals surface area contributed by atoms with Crippen molar-refractivity contribution < 1.29 is 19.4 Å². The highest BCUT2D eigenvalue weighted by Gasteiger charge is 2.19. The first-order chi connectivity index (χ1) is 13.9. The number of benzene rings is 1. The second-order valence-corrected chi connectivity index (χ2v) is 8.16. The maximum Gasteiger partial charge on any atom is 0.337 e. The number of hydrogen-bond donors (Lipinski definition) is 2. The van der Waals surface area contributed by atoms with E-state index in [0.29, 0.717) is 16.1 Å². The molecule has 1 aromatic carbocycles. The van der Waals surface area contributed by atoms with E-state index >= 15 is 0 Å². The van der Waals surface area contributed by atoms with E-state index in [-0.39, 0.29) is 35.4 Å². The van der Waals surface area contributed by atoms with Gasteiger partial charge in [0.2, 0.25) is 5.91 Å². The number of carbonyl (C=O) groups is 2. The molecule has 0 radical (unpaired) electrons. The monoisotopic (exact) mass is 419 g/mol. The van der Waals surface area contributed by atoms with Gasteiger partial charge in [-0.05, 0) is 38.0 Å². The molecule has 0 unspecified atom stereocenters. The van der Waals surface area contributed by atoms with Gasteiger partial charge in [-0.1, -0.05) is 24.6 Å². The summed E-state index contributed by atoms with van der Waals surface area (Å²) in [4.78, 5) is 41.5. The van der Waals surface area contributed by atoms with Gasteiger partial charge < -0.3 is 15.2 Å². The average molecular weight is 420 g/mol. The third-order valence-electron chi connectivity index (χ3n) is 4.84. The zero-order valence-corrected chi connectivity index (χ0v) is 17.3. The molecule has 1 atom stereocenters. The van der Waals surface area contributed by atoms with Crippen LogP contribution in [0, 0.1) is 0 Å². The predicted molar refractivity (Wildman–Crippen MR) is 110 cm³/mol. The van der Waals surface area contributed by atoms with Crippen LogP contribution in [-0.4, -0.2) is 51.5 Å². The fraction of sp³-hybridized carbons (Fsp3) is 0.500. The molecule has 1 aliphatic rings. The van der Waals surface area contributed by atoms with Gasteiger partial charge in [-0.15, -0.1) is 0 Å². The number of methoxy groups -OCH3 is 1. The second-order valence-electron chi connectivity index (χ2n) is 7.22. The number of fused-ring (bicyclic) bond motifs is 1. The lowest BCUT2D eigenvalue weighted by molar-refractivity contribution is -0.119. The number of nitrogens with one attached hydrogen (secondary N) is 1. The molecule has 0 spiro atoms. The van der Waals surface area contributed by atoms with Gasteiger partial charge in [0.05, 0.1) is 42.0 Å². The Bertz CT molecular complexity index is 966. The lowest BCUT2D eigenvalue weighted by atomic mass is 10.1. The van der Waals surface area contributed by atoms with Gasteiger partial charge >= 0.3 is 5.97 Å². The van der Waals surface area contributed by atoms with Crippen LogP contribution in [-0.2, 0) is 16.1 Å². The SMILES string of the molecule is COC(=O)c1ccc2c(=O)n(C[C@H](C)O)c(SCC(=O)NC3CCCC3)nc2c1. The Morgan fingerprint density at radius 2 is 2.10 bits per heavy atom. The summed E-state index contributed by atoms with van der Waals surface area (Å²) in [5, 5.41) is 13.5. The molecule has 2 N–H and O–H groups in total. The van der Waals surface area contributed by atoms with Gasteiger partial charge in [0.15, 0.2) is 5.16 Å². The van der Waals surface area contributed by atoms with Crippen LogP contribution in [0.2, 0.25) is 0 Å². The molecule has 0 saturated heterocycles. The average Bonchev–Trinajstić information content (AvgIpc) is 3.20. The Hall–Kier alpha value is -2.39. The van der Waals surface area contributed by atoms with Crippen molar-refractivity contribution in [3.8, 4) is 0 Å². The number of nitrogens with zero attached hydrogens (tertiary/aromatic N) is 2. The molecule has 1 aliphatic carbocycles. The van der Waals surface area contributed by atoms with Crippen LogP contribution in [0.3, 0.4) is 0 Å². The van der Waals surface area contributed by atoms with Crippen LogP contribution >= 0.6 is 11.8 Å². The number of ether oxygens (including phenoxy) is 1. The highest BCUT2D eigenvalue weighted by atomic mass is 32.2. The van der Waals surface area contributed by atoms with Crippen LogP contribution in [0.15, 0.2) is 28.2 Å². The number of thioether (sulfide) groups is 1. The number of aromatic nitrogens is 2. The Labute approximate surface area is 172 Å². The van der Waals surface area contributed by atoms with Gasteiger partial charge in [-0.2, -0.15) is 0 Å². The molecule has 156 valence electrons. The minimum absolute atomic E-state index is 0.0626. The van der Waals surface area contributed by atoms with Crippen molar-refractivity contribution >= 4 is 34.5 Å². The van der Waals surface area contributed by atoms with Crippen LogP contribution in [0.1, 0.15) is 43.0 Å². The molecule has 0 bridgehead atoms. The smallest absolute Gasteiger partial charge is 0.337 e. The van der Waals surface area contributed by atoms with E-state index in [1.54, 1.807) is 6.92 Å². The summed E-state index contributed by atoms with van der Waals surface area (Å²) in [6.45, 7) is 1.64. The summed E-state index contributed by atoms with van der Waals surface area (Å²) in [6.07, 6.45) is 3.48. The maximum absolute atomic E-state index is 12.9. The topological polar surface area (TPSA) is 111 Å². The third-order valence-corrected chi connectivity index (χ3v) is 5.82. The van der Waals surface area contributed by atoms with Crippen molar-refractivity contribution in [2.75, 3.05) is 12.9 Å². The number of hydrogen-bond acceptors (Lipinski definition) is 7. The number of aliphatic hydroxyl groups excluding tert-OH is 1. The molecule has 0 aliphatic heterocycles. The Morgan fingerprint density at radius 1 is 1.38 bits per heavy atom. The van der Waals surface area contributed by atoms with Gasteiger partial charge in [0.1, 0.15) is 0 Å². The fourth-order valence-corrected chi connectivity index (χ4v) is 4.27. The molecule has 1 saturated carbocycles. The Kier molecular flexibility index (Phi) is 6.92. The largest absolute Gasteiger partial charge is 0.465 e. The summed E-state index contributed by atoms with van der Waals surface area (Å²) in [6, 6.07) is 4.75. The first-order valence-corrected chi connectivity index (χ1v) is 10.6. The van der Waals surface area contributed by atoms with Crippen molar-refractivity contribution in [3.05, 3.63) is 34.1 Å². The van der Waals surface area contributed by atoms with E-state index in [1.807, 2.05) is 0 Å². The van der Waals surface area contributed by atoms with Gasteiger partial charge in [-0.3, -0.25) is 14.2 Å². The molecule has 1 heterocycles. The van der Waals surface area contributed by atoms with Crippen LogP contribution in [0.4, 0.5) is 0 Å². The van der Waals surface area contributed by atoms with Gasteiger partial charge in [0.25, 0.3) is 5.56 Å². The van der Waals surface area contributed by atoms with Crippen molar-refractivity contribution in [2.24, 2.45) is 0 Å². The summed E-state index contributed by atoms with van der Waals surface area (Å²) in [5.41, 5.74) is 0.305. The first-order valence-electron chi connectivity index (χ1n) is 9.62. The molecule has 3 rings (SSSR count). The normalized spacial score (nSPS) is 15.4. The molecule has 9 heteroatoms. The van der Waals surface area contributed by atoms with Gasteiger partial charge in [0, 0.05) is 6.04 Å². The number of rotatable bonds is 7. The summed E-state index contributed by atoms with van der Waals surface area (Å²) >= 11 is 1.14. The summed E-state index contributed by atoms with van der Waals surface area (Å²) in [5.74, 6) is -0.513. The highest BCUT2D eigenvalue weighted by Crippen LogP contribution is 2.21. The van der Waals surface area contributed by atoms with Crippen LogP contribution < -0.4 is 10.9 Å². The molecule has 2 aromatic rings. The standard InChI is InChI=1S/C20H25N3O5S/c1-12(24)10-23-18(26)15-8-7-13(19(27)28-2)9-16(15)22-20(23)29-11-17(25)21-14-5-3-4-6-14/h7-9,12,14,24H,3-6,10-11H2,1-2H3,(H,21,25)/t12-/m0/s1. The van der Waals surface area contributed by atoms with E-state index < -0.39 is 12.1 Å². The minimum atomic E-state index is -0.757. The number of amides is 1. The van der Waals surface area contributed by atoms with Crippen molar-refractivity contribution in [1.82, 2.24) is 14.9 Å². The van der Waals surface area contributed by atoms with Crippen LogP contribution in [0.25, 0.3) is 10.9 Å². The van der Waals surface area contributed by atoms with E-state index in [9.17, 15) is 19.5 Å². The second kappa shape index (κ2) is 9.41. The maximum atomic E-state index is 12.9. The quantitative estimate of drug-likeness (QED) is 0.399. The number of esters is 1. The van der Waals surface area contributed by atoms with Crippen molar-refractivity contribution in [2.45, 2.75) is 56.5 Å². The van der Waals surface area contributed by atoms with E-state index in [4.69, 9.17) is 4.74 Å². The van der Waals surface area contributed by atoms with E-state index in [1.165, 1.54) is 29.9 Å². The molecule has 1 aromatic heterocycles. The predicted octanol–water partition coefficient (Wildman–Crippen LogP) is 1.71. The number of carbonyl (C=O) groups excluding carboxylic acids is 2. The lowest BCUT2D eigenvalue weighted by Gasteiger charge is -2.15. The molecule has 1 fully saturated rings. The van der Waals surface area contributed by atoms with Crippen LogP contribution in [0.5, 0.6) is 0 Å². The third kappa shape index (κ3) is 5.16. The molecular weight excluding hydrogens is 394 g/mol. The highest BCUT2D eigenvalue weighted by molar-refractivity contribution is 7.99. The summed E-state index contributed by atoms with van der Waals surface area (Å²) < 4.78 is 6.10. The van der Waals surface area contributed by atoms with E-state index in [0.717, 1.165) is 37.4 Å². The molecule has 1 amide bonds. The minimum Gasteiger partial charge on any atom is -0.465 e. The van der Waals surface area contributed by atoms with Gasteiger partial charge in [-0.25, -0.2) is 9.78 Å². The zero-order valence-electron chi connectivity index (χ0n) is 16.5. The molecular formula is C20H25N3O5S. The summed E-state index contributed by atoms with van der Waals surface area (Å²) in [7, 11) is 1.28. The number of aliphatic hydroxyl groups is 1. The van der Waals surface area contributed by atoms with E-state index in [2.05, 4.69) is 10.3 Å². The Balaban J connectivity index is 1.90. The lowest BCUT2D eigenvalue weighted by Crippen LogP contribution is -2.34. The molecule has 29 heavy (non-hydrogen) atoms. The first kappa shape index (κ1) is 21.3. The Morgan fingerprint density at radius 3 is 2.76 bits per heavy atom. The molecule has 8 nitrogen and oxygen atoms in total. The van der Waals surface area contributed by atoms with Crippen molar-refractivity contribution in [1.29, 1.82) is 0 Å². The zero-order chi connectivity index (χ0) is 21.0.